The molecule has 1 aromatic rings. The maximum absolute atomic E-state index is 10.5. The molecule has 0 aromatic heterocycles. The summed E-state index contributed by atoms with van der Waals surface area (Å²) in [6.07, 6.45) is 0.806. The SMILES string of the molecule is O=C(CCc1ccccc1)OO. The van der Waals surface area contributed by atoms with Gasteiger partial charge in [0.1, 0.15) is 0 Å². The van der Waals surface area contributed by atoms with Crippen LogP contribution in [-0.2, 0) is 16.1 Å². The normalized spacial score (nSPS) is 9.42. The highest BCUT2D eigenvalue weighted by atomic mass is 17.1. The molecule has 0 amide bonds. The van der Waals surface area contributed by atoms with Gasteiger partial charge in [-0.05, 0) is 12.0 Å². The Balaban J connectivity index is 2.38. The summed E-state index contributed by atoms with van der Waals surface area (Å²) in [6.45, 7) is 0. The Labute approximate surface area is 70.5 Å². The minimum absolute atomic E-state index is 0.209. The Bertz CT molecular complexity index is 243. The second-order valence-corrected chi connectivity index (χ2v) is 2.45. The van der Waals surface area contributed by atoms with Crippen LogP contribution in [0.5, 0.6) is 0 Å². The summed E-state index contributed by atoms with van der Waals surface area (Å²) in [5.41, 5.74) is 1.06. The Kier molecular flexibility index (Phi) is 3.29. The molecule has 0 spiro atoms. The summed E-state index contributed by atoms with van der Waals surface area (Å²) in [4.78, 5) is 14.0. The predicted octanol–water partition coefficient (Wildman–Crippen LogP) is 1.64. The van der Waals surface area contributed by atoms with Crippen molar-refractivity contribution in [2.75, 3.05) is 0 Å². The quantitative estimate of drug-likeness (QED) is 0.548. The zero-order valence-electron chi connectivity index (χ0n) is 6.56. The molecule has 0 radical (unpaired) electrons. The summed E-state index contributed by atoms with van der Waals surface area (Å²) in [5.74, 6) is -0.598. The van der Waals surface area contributed by atoms with Gasteiger partial charge in [0.25, 0.3) is 0 Å². The molecule has 0 saturated heterocycles. The van der Waals surface area contributed by atoms with Crippen LogP contribution in [0.4, 0.5) is 0 Å². The lowest BCUT2D eigenvalue weighted by atomic mass is 10.1. The fourth-order valence-electron chi connectivity index (χ4n) is 0.937. The fourth-order valence-corrected chi connectivity index (χ4v) is 0.937. The van der Waals surface area contributed by atoms with Crippen molar-refractivity contribution < 1.29 is 14.9 Å². The Morgan fingerprint density at radius 3 is 2.58 bits per heavy atom. The zero-order valence-corrected chi connectivity index (χ0v) is 6.56. The first-order valence-electron chi connectivity index (χ1n) is 3.71. The lowest BCUT2D eigenvalue weighted by Crippen LogP contribution is -2.01. The number of carbonyl (C=O) groups excluding carboxylic acids is 1. The average molecular weight is 166 g/mol. The second-order valence-electron chi connectivity index (χ2n) is 2.45. The van der Waals surface area contributed by atoms with Gasteiger partial charge in [0.05, 0.1) is 6.42 Å². The monoisotopic (exact) mass is 166 g/mol. The third-order valence-electron chi connectivity index (χ3n) is 1.56. The molecule has 0 fully saturated rings. The predicted molar refractivity (Wildman–Crippen MR) is 43.5 cm³/mol. The third-order valence-corrected chi connectivity index (χ3v) is 1.56. The van der Waals surface area contributed by atoms with E-state index in [-0.39, 0.29) is 6.42 Å². The van der Waals surface area contributed by atoms with Gasteiger partial charge in [-0.25, -0.2) is 4.79 Å². The highest BCUT2D eigenvalue weighted by Crippen LogP contribution is 2.02. The van der Waals surface area contributed by atoms with E-state index >= 15 is 0 Å². The highest BCUT2D eigenvalue weighted by molar-refractivity contribution is 5.68. The summed E-state index contributed by atoms with van der Waals surface area (Å²) in [5, 5.41) is 7.96. The number of hydrogen-bond acceptors (Lipinski definition) is 3. The first-order valence-corrected chi connectivity index (χ1v) is 3.71. The summed E-state index contributed by atoms with van der Waals surface area (Å²) < 4.78 is 0. The largest absolute Gasteiger partial charge is 0.342 e. The molecule has 1 N–H and O–H groups in total. The molecular formula is C9H10O3. The molecule has 0 aliphatic rings. The van der Waals surface area contributed by atoms with E-state index in [9.17, 15) is 4.79 Å². The number of rotatable bonds is 3. The van der Waals surface area contributed by atoms with Crippen molar-refractivity contribution in [2.24, 2.45) is 0 Å². The van der Waals surface area contributed by atoms with Crippen LogP contribution in [0.2, 0.25) is 0 Å². The molecule has 3 heteroatoms. The molecular weight excluding hydrogens is 156 g/mol. The van der Waals surface area contributed by atoms with E-state index in [1.54, 1.807) is 0 Å². The van der Waals surface area contributed by atoms with E-state index in [1.165, 1.54) is 0 Å². The van der Waals surface area contributed by atoms with E-state index in [2.05, 4.69) is 4.89 Å². The van der Waals surface area contributed by atoms with Gasteiger partial charge in [0.2, 0.25) is 0 Å². The van der Waals surface area contributed by atoms with Crippen molar-refractivity contribution >= 4 is 5.97 Å². The lowest BCUT2D eigenvalue weighted by molar-refractivity contribution is -0.234. The zero-order chi connectivity index (χ0) is 8.81. The van der Waals surface area contributed by atoms with E-state index in [4.69, 9.17) is 5.26 Å². The van der Waals surface area contributed by atoms with Gasteiger partial charge < -0.3 is 4.89 Å². The Morgan fingerprint density at radius 2 is 2.00 bits per heavy atom. The molecule has 0 aliphatic heterocycles. The van der Waals surface area contributed by atoms with Crippen molar-refractivity contribution in [2.45, 2.75) is 12.8 Å². The molecule has 1 rings (SSSR count). The van der Waals surface area contributed by atoms with Crippen molar-refractivity contribution in [3.63, 3.8) is 0 Å². The minimum Gasteiger partial charge on any atom is -0.301 e. The van der Waals surface area contributed by atoms with Crippen molar-refractivity contribution in [3.05, 3.63) is 35.9 Å². The van der Waals surface area contributed by atoms with Crippen LogP contribution in [0.1, 0.15) is 12.0 Å². The topological polar surface area (TPSA) is 46.5 Å². The van der Waals surface area contributed by atoms with Gasteiger partial charge in [-0.3, -0.25) is 0 Å². The van der Waals surface area contributed by atoms with Gasteiger partial charge in [-0.15, -0.1) is 0 Å². The lowest BCUT2D eigenvalue weighted by Gasteiger charge is -1.97. The van der Waals surface area contributed by atoms with Gasteiger partial charge in [0.15, 0.2) is 0 Å². The molecule has 0 unspecified atom stereocenters. The summed E-state index contributed by atoms with van der Waals surface area (Å²) in [7, 11) is 0. The number of carbonyl (C=O) groups is 1. The van der Waals surface area contributed by atoms with Crippen molar-refractivity contribution in [3.8, 4) is 0 Å². The molecule has 0 saturated carbocycles. The van der Waals surface area contributed by atoms with E-state index < -0.39 is 5.97 Å². The van der Waals surface area contributed by atoms with Crippen LogP contribution in [-0.4, -0.2) is 11.2 Å². The van der Waals surface area contributed by atoms with Crippen LogP contribution in [0.15, 0.2) is 30.3 Å². The molecule has 1 aromatic carbocycles. The maximum atomic E-state index is 10.5. The molecule has 64 valence electrons. The maximum Gasteiger partial charge on any atom is 0.342 e. The van der Waals surface area contributed by atoms with Gasteiger partial charge in [-0.2, -0.15) is 5.26 Å². The molecule has 0 heterocycles. The fraction of sp³-hybridized carbons (Fsp3) is 0.222. The molecule has 0 atom stereocenters. The van der Waals surface area contributed by atoms with Gasteiger partial charge in [0, 0.05) is 0 Å². The van der Waals surface area contributed by atoms with E-state index in [0.717, 1.165) is 5.56 Å². The molecule has 3 nitrogen and oxygen atoms in total. The summed E-state index contributed by atoms with van der Waals surface area (Å²) >= 11 is 0. The Morgan fingerprint density at radius 1 is 1.33 bits per heavy atom. The molecule has 0 bridgehead atoms. The summed E-state index contributed by atoms with van der Waals surface area (Å²) in [6, 6.07) is 9.56. The van der Waals surface area contributed by atoms with Gasteiger partial charge >= 0.3 is 5.97 Å². The number of benzene rings is 1. The molecule has 12 heavy (non-hydrogen) atoms. The van der Waals surface area contributed by atoms with Crippen LogP contribution in [0, 0.1) is 0 Å². The van der Waals surface area contributed by atoms with E-state index in [1.807, 2.05) is 30.3 Å². The van der Waals surface area contributed by atoms with Gasteiger partial charge in [-0.1, -0.05) is 30.3 Å². The Hall–Kier alpha value is -1.35. The molecule has 0 aliphatic carbocycles. The minimum atomic E-state index is -0.598. The first-order chi connectivity index (χ1) is 5.83. The standard InChI is InChI=1S/C9H10O3/c10-9(12-11)7-6-8-4-2-1-3-5-8/h1-5,11H,6-7H2. The third kappa shape index (κ3) is 2.72. The number of hydrogen-bond donors (Lipinski definition) is 1. The smallest absolute Gasteiger partial charge is 0.301 e. The van der Waals surface area contributed by atoms with Crippen LogP contribution >= 0.6 is 0 Å². The first kappa shape index (κ1) is 8.74. The van der Waals surface area contributed by atoms with Crippen LogP contribution < -0.4 is 0 Å². The van der Waals surface area contributed by atoms with Crippen molar-refractivity contribution in [1.29, 1.82) is 0 Å². The van der Waals surface area contributed by atoms with E-state index in [0.29, 0.717) is 6.42 Å². The number of aryl methyl sites for hydroxylation is 1. The highest BCUT2D eigenvalue weighted by Gasteiger charge is 2.01. The second kappa shape index (κ2) is 4.51. The van der Waals surface area contributed by atoms with Crippen LogP contribution in [0.3, 0.4) is 0 Å². The van der Waals surface area contributed by atoms with Crippen LogP contribution in [0.25, 0.3) is 0 Å². The average Bonchev–Trinajstić information content (AvgIpc) is 2.16. The van der Waals surface area contributed by atoms with Crippen molar-refractivity contribution in [1.82, 2.24) is 0 Å².